The summed E-state index contributed by atoms with van der Waals surface area (Å²) in [7, 11) is 1.40. The van der Waals surface area contributed by atoms with E-state index in [0.717, 1.165) is 0 Å². The van der Waals surface area contributed by atoms with Gasteiger partial charge in [-0.2, -0.15) is 0 Å². The molecule has 0 atom stereocenters. The SMILES string of the molecule is COC(=O)C1CCN(c2ncc(-c3ccccc3C(=O)O)cc2Cl)CC1. The van der Waals surface area contributed by atoms with Gasteiger partial charge < -0.3 is 14.7 Å². The molecule has 0 spiro atoms. The van der Waals surface area contributed by atoms with E-state index in [4.69, 9.17) is 16.3 Å². The van der Waals surface area contributed by atoms with Crippen LogP contribution in [0.3, 0.4) is 0 Å². The second-order valence-corrected chi connectivity index (χ2v) is 6.57. The number of ether oxygens (including phenoxy) is 1. The molecule has 1 aromatic carbocycles. The third kappa shape index (κ3) is 3.65. The van der Waals surface area contributed by atoms with Crippen LogP contribution in [0.15, 0.2) is 36.5 Å². The number of halogens is 1. The topological polar surface area (TPSA) is 79.7 Å². The van der Waals surface area contributed by atoms with Crippen molar-refractivity contribution in [3.8, 4) is 11.1 Å². The van der Waals surface area contributed by atoms with E-state index in [1.54, 1.807) is 36.5 Å². The Kier molecular flexibility index (Phi) is 5.42. The number of esters is 1. The van der Waals surface area contributed by atoms with Gasteiger partial charge in [-0.3, -0.25) is 4.79 Å². The number of aromatic carboxylic acids is 1. The van der Waals surface area contributed by atoms with E-state index in [1.165, 1.54) is 7.11 Å². The van der Waals surface area contributed by atoms with Crippen LogP contribution in [-0.4, -0.2) is 42.2 Å². The molecule has 0 saturated carbocycles. The molecule has 0 aliphatic carbocycles. The molecule has 136 valence electrons. The molecule has 7 heteroatoms. The second kappa shape index (κ2) is 7.74. The van der Waals surface area contributed by atoms with Crippen LogP contribution in [0.5, 0.6) is 0 Å². The molecule has 0 bridgehead atoms. The number of carbonyl (C=O) groups is 2. The van der Waals surface area contributed by atoms with E-state index in [2.05, 4.69) is 4.98 Å². The van der Waals surface area contributed by atoms with Gasteiger partial charge in [0.1, 0.15) is 5.82 Å². The molecule has 0 radical (unpaired) electrons. The molecule has 1 N–H and O–H groups in total. The van der Waals surface area contributed by atoms with Crippen molar-refractivity contribution < 1.29 is 19.4 Å². The van der Waals surface area contributed by atoms with Crippen molar-refractivity contribution in [1.29, 1.82) is 0 Å². The van der Waals surface area contributed by atoms with Gasteiger partial charge in [-0.15, -0.1) is 0 Å². The zero-order chi connectivity index (χ0) is 18.7. The highest BCUT2D eigenvalue weighted by molar-refractivity contribution is 6.33. The minimum Gasteiger partial charge on any atom is -0.478 e. The largest absolute Gasteiger partial charge is 0.478 e. The summed E-state index contributed by atoms with van der Waals surface area (Å²) in [5, 5.41) is 9.80. The Morgan fingerprint density at radius 1 is 1.27 bits per heavy atom. The van der Waals surface area contributed by atoms with Crippen molar-refractivity contribution in [3.05, 3.63) is 47.1 Å². The highest BCUT2D eigenvalue weighted by Gasteiger charge is 2.27. The lowest BCUT2D eigenvalue weighted by Crippen LogP contribution is -2.37. The third-order valence-corrected chi connectivity index (χ3v) is 4.90. The van der Waals surface area contributed by atoms with Crippen molar-refractivity contribution in [1.82, 2.24) is 4.98 Å². The Bertz CT molecular complexity index is 832. The first-order valence-corrected chi connectivity index (χ1v) is 8.70. The molecule has 1 aliphatic heterocycles. The summed E-state index contributed by atoms with van der Waals surface area (Å²) in [6.07, 6.45) is 3.01. The molecule has 1 saturated heterocycles. The second-order valence-electron chi connectivity index (χ2n) is 6.16. The van der Waals surface area contributed by atoms with Crippen LogP contribution >= 0.6 is 11.6 Å². The Balaban J connectivity index is 1.81. The van der Waals surface area contributed by atoms with Crippen molar-refractivity contribution in [2.75, 3.05) is 25.1 Å². The number of nitrogens with zero attached hydrogens (tertiary/aromatic N) is 2. The maximum atomic E-state index is 11.6. The molecule has 1 aliphatic rings. The van der Waals surface area contributed by atoms with Gasteiger partial charge in [-0.1, -0.05) is 29.8 Å². The number of aromatic nitrogens is 1. The van der Waals surface area contributed by atoms with Crippen molar-refractivity contribution in [2.24, 2.45) is 5.92 Å². The third-order valence-electron chi connectivity index (χ3n) is 4.62. The van der Waals surface area contributed by atoms with Crippen LogP contribution in [0.2, 0.25) is 5.02 Å². The number of carboxylic acids is 1. The van der Waals surface area contributed by atoms with Crippen LogP contribution in [0.25, 0.3) is 11.1 Å². The lowest BCUT2D eigenvalue weighted by Gasteiger charge is -2.32. The fourth-order valence-electron chi connectivity index (χ4n) is 3.23. The molecular formula is C19H19ClN2O4. The van der Waals surface area contributed by atoms with E-state index < -0.39 is 5.97 Å². The van der Waals surface area contributed by atoms with E-state index >= 15 is 0 Å². The number of anilines is 1. The van der Waals surface area contributed by atoms with Gasteiger partial charge in [0.2, 0.25) is 0 Å². The Labute approximate surface area is 156 Å². The minimum absolute atomic E-state index is 0.0863. The van der Waals surface area contributed by atoms with E-state index in [9.17, 15) is 14.7 Å². The summed E-state index contributed by atoms with van der Waals surface area (Å²) < 4.78 is 4.80. The Morgan fingerprint density at radius 3 is 2.58 bits per heavy atom. The van der Waals surface area contributed by atoms with E-state index in [1.807, 2.05) is 4.90 Å². The zero-order valence-electron chi connectivity index (χ0n) is 14.3. The quantitative estimate of drug-likeness (QED) is 0.825. The van der Waals surface area contributed by atoms with Crippen LogP contribution in [-0.2, 0) is 9.53 Å². The van der Waals surface area contributed by atoms with Crippen LogP contribution in [0.1, 0.15) is 23.2 Å². The Hall–Kier alpha value is -2.60. The van der Waals surface area contributed by atoms with Gasteiger partial charge in [0, 0.05) is 24.8 Å². The first kappa shape index (κ1) is 18.2. The molecular weight excluding hydrogens is 356 g/mol. The first-order valence-electron chi connectivity index (χ1n) is 8.32. The van der Waals surface area contributed by atoms with Gasteiger partial charge in [0.15, 0.2) is 0 Å². The molecule has 1 aromatic heterocycles. The van der Waals surface area contributed by atoms with Gasteiger partial charge >= 0.3 is 11.9 Å². The normalized spacial score (nSPS) is 14.9. The van der Waals surface area contributed by atoms with Gasteiger partial charge in [0.25, 0.3) is 0 Å². The number of carboxylic acid groups (broad SMARTS) is 1. The van der Waals surface area contributed by atoms with E-state index in [-0.39, 0.29) is 17.5 Å². The van der Waals surface area contributed by atoms with Crippen molar-refractivity contribution in [2.45, 2.75) is 12.8 Å². The summed E-state index contributed by atoms with van der Waals surface area (Å²) in [6.45, 7) is 1.33. The average Bonchev–Trinajstić information content (AvgIpc) is 2.67. The molecule has 26 heavy (non-hydrogen) atoms. The standard InChI is InChI=1S/C19H19ClN2O4/c1-26-19(25)12-6-8-22(9-7-12)17-16(20)10-13(11-21-17)14-4-2-3-5-15(14)18(23)24/h2-5,10-12H,6-9H2,1H3,(H,23,24). The maximum absolute atomic E-state index is 11.6. The fraction of sp³-hybridized carbons (Fsp3) is 0.316. The highest BCUT2D eigenvalue weighted by atomic mass is 35.5. The number of benzene rings is 1. The van der Waals surface area contributed by atoms with Gasteiger partial charge in [-0.25, -0.2) is 9.78 Å². The number of carbonyl (C=O) groups excluding carboxylic acids is 1. The molecule has 6 nitrogen and oxygen atoms in total. The van der Waals surface area contributed by atoms with Crippen LogP contribution < -0.4 is 4.90 Å². The smallest absolute Gasteiger partial charge is 0.336 e. The number of piperidine rings is 1. The summed E-state index contributed by atoms with van der Waals surface area (Å²) in [6, 6.07) is 8.48. The highest BCUT2D eigenvalue weighted by Crippen LogP contribution is 2.32. The lowest BCUT2D eigenvalue weighted by atomic mass is 9.97. The summed E-state index contributed by atoms with van der Waals surface area (Å²) in [5.41, 5.74) is 1.43. The minimum atomic E-state index is -0.995. The fourth-order valence-corrected chi connectivity index (χ4v) is 3.51. The van der Waals surface area contributed by atoms with Crippen LogP contribution in [0.4, 0.5) is 5.82 Å². The summed E-state index contributed by atoms with van der Waals surface area (Å²) in [5.74, 6) is -0.613. The molecule has 1 fully saturated rings. The average molecular weight is 375 g/mol. The summed E-state index contributed by atoms with van der Waals surface area (Å²) >= 11 is 6.43. The summed E-state index contributed by atoms with van der Waals surface area (Å²) in [4.78, 5) is 29.5. The molecule has 0 amide bonds. The number of methoxy groups -OCH3 is 1. The van der Waals surface area contributed by atoms with Crippen molar-refractivity contribution >= 4 is 29.4 Å². The monoisotopic (exact) mass is 374 g/mol. The molecule has 0 unspecified atom stereocenters. The van der Waals surface area contributed by atoms with Gasteiger partial charge in [-0.05, 0) is 30.5 Å². The van der Waals surface area contributed by atoms with Crippen molar-refractivity contribution in [3.63, 3.8) is 0 Å². The number of hydrogen-bond acceptors (Lipinski definition) is 5. The van der Waals surface area contributed by atoms with Gasteiger partial charge in [0.05, 0.1) is 23.6 Å². The predicted molar refractivity (Wildman–Crippen MR) is 98.6 cm³/mol. The molecule has 2 aromatic rings. The lowest BCUT2D eigenvalue weighted by molar-refractivity contribution is -0.146. The Morgan fingerprint density at radius 2 is 1.96 bits per heavy atom. The molecule has 2 heterocycles. The first-order chi connectivity index (χ1) is 12.5. The van der Waals surface area contributed by atoms with E-state index in [0.29, 0.717) is 47.9 Å². The number of rotatable bonds is 4. The number of pyridine rings is 1. The molecule has 3 rings (SSSR count). The predicted octanol–water partition coefficient (Wildman–Crippen LogP) is 3.49. The zero-order valence-corrected chi connectivity index (χ0v) is 15.1. The number of hydrogen-bond donors (Lipinski definition) is 1. The maximum Gasteiger partial charge on any atom is 0.336 e. The van der Waals surface area contributed by atoms with Crippen LogP contribution in [0, 0.1) is 5.92 Å².